The summed E-state index contributed by atoms with van der Waals surface area (Å²) in [6.07, 6.45) is 2.06. The van der Waals surface area contributed by atoms with Crippen LogP contribution in [0.4, 0.5) is 10.1 Å². The number of hydrogen-bond acceptors (Lipinski definition) is 3. The summed E-state index contributed by atoms with van der Waals surface area (Å²) in [6, 6.07) is 4.33. The van der Waals surface area contributed by atoms with E-state index >= 15 is 0 Å². The highest BCUT2D eigenvalue weighted by Crippen LogP contribution is 2.25. The summed E-state index contributed by atoms with van der Waals surface area (Å²) in [6.45, 7) is 10.1. The molecule has 0 unspecified atom stereocenters. The number of Topliss-reactive ketones (excluding diaryl/α,β-unsaturated/α-hetero) is 2. The van der Waals surface area contributed by atoms with E-state index in [2.05, 4.69) is 5.32 Å². The maximum Gasteiger partial charge on any atom is 0.255 e. The van der Waals surface area contributed by atoms with Gasteiger partial charge in [-0.05, 0) is 69.9 Å². The second-order valence-corrected chi connectivity index (χ2v) is 6.89. The number of allylic oxidation sites excluding steroid dienone is 2. The van der Waals surface area contributed by atoms with E-state index in [1.807, 2.05) is 6.92 Å². The smallest absolute Gasteiger partial charge is 0.255 e. The summed E-state index contributed by atoms with van der Waals surface area (Å²) in [5.74, 6) is -1.82. The number of hydrogen-bond donors (Lipinski definition) is 1. The molecule has 0 aliphatic carbocycles. The van der Waals surface area contributed by atoms with Crippen LogP contribution in [0.2, 0.25) is 0 Å². The summed E-state index contributed by atoms with van der Waals surface area (Å²) in [5.41, 5.74) is 2.89. The van der Waals surface area contributed by atoms with E-state index in [4.69, 9.17) is 0 Å². The molecule has 0 fully saturated rings. The maximum absolute atomic E-state index is 13.4. The topological polar surface area (TPSA) is 63.2 Å². The predicted molar refractivity (Wildman–Crippen MR) is 106 cm³/mol. The fraction of sp³-hybridized carbons (Fsp3) is 0.409. The zero-order chi connectivity index (χ0) is 20.7. The monoisotopic (exact) mass is 373 g/mol. The first-order valence-electron chi connectivity index (χ1n) is 9.10. The van der Waals surface area contributed by atoms with E-state index < -0.39 is 11.6 Å². The number of carbonyl (C=O) groups is 3. The Balaban J connectivity index is 3.32. The number of benzene rings is 1. The van der Waals surface area contributed by atoms with Crippen molar-refractivity contribution in [3.05, 3.63) is 51.9 Å². The Morgan fingerprint density at radius 3 is 2.19 bits per heavy atom. The Bertz CT molecular complexity index is 815. The van der Waals surface area contributed by atoms with E-state index in [0.717, 1.165) is 18.4 Å². The Morgan fingerprint density at radius 2 is 1.70 bits per heavy atom. The number of unbranched alkanes of at least 4 members (excludes halogenated alkanes) is 1. The molecule has 0 bridgehead atoms. The van der Waals surface area contributed by atoms with Gasteiger partial charge in [0.15, 0.2) is 5.78 Å². The van der Waals surface area contributed by atoms with E-state index in [-0.39, 0.29) is 11.7 Å². The lowest BCUT2D eigenvalue weighted by atomic mass is 9.90. The van der Waals surface area contributed by atoms with Crippen molar-refractivity contribution >= 4 is 23.2 Å². The zero-order valence-corrected chi connectivity index (χ0v) is 17.0. The number of nitrogens with one attached hydrogen (secondary N) is 1. The molecule has 1 rings (SSSR count). The Hall–Kier alpha value is -2.56. The Morgan fingerprint density at radius 1 is 1.07 bits per heavy atom. The number of carbonyl (C=O) groups excluding carboxylic acids is 3. The molecule has 5 heteroatoms. The van der Waals surface area contributed by atoms with Crippen LogP contribution in [0.5, 0.6) is 0 Å². The van der Waals surface area contributed by atoms with Crippen LogP contribution >= 0.6 is 0 Å². The lowest BCUT2D eigenvalue weighted by molar-refractivity contribution is -0.133. The molecule has 1 aromatic rings. The molecule has 0 aromatic heterocycles. The summed E-state index contributed by atoms with van der Waals surface area (Å²) < 4.78 is 13.4. The van der Waals surface area contributed by atoms with Gasteiger partial charge >= 0.3 is 0 Å². The zero-order valence-electron chi connectivity index (χ0n) is 17.0. The molecule has 0 saturated heterocycles. The third kappa shape index (κ3) is 5.98. The van der Waals surface area contributed by atoms with Crippen LogP contribution in [0.15, 0.2) is 40.5 Å². The lowest BCUT2D eigenvalue weighted by Gasteiger charge is -2.16. The Kier molecular flexibility index (Phi) is 8.29. The van der Waals surface area contributed by atoms with E-state index in [0.29, 0.717) is 34.4 Å². The molecule has 27 heavy (non-hydrogen) atoms. The molecule has 0 saturated carbocycles. The standard InChI is InChI=1S/C22H28FNO3/c1-7-8-9-18(21(26)16(6)25)15(5)20(13(2)3)22(27)24-17-10-11-19(23)14(4)12-17/h10-12H,7-9H2,1-6H3,(H,24,27)/b18-15+. The van der Waals surface area contributed by atoms with Crippen LogP contribution in [-0.4, -0.2) is 17.5 Å². The number of rotatable bonds is 8. The highest BCUT2D eigenvalue weighted by Gasteiger charge is 2.22. The van der Waals surface area contributed by atoms with Crippen LogP contribution in [-0.2, 0) is 14.4 Å². The molecule has 4 nitrogen and oxygen atoms in total. The van der Waals surface area contributed by atoms with Crippen LogP contribution < -0.4 is 5.32 Å². The largest absolute Gasteiger partial charge is 0.322 e. The number of anilines is 1. The molecule has 1 aromatic carbocycles. The quantitative estimate of drug-likeness (QED) is 0.393. The summed E-state index contributed by atoms with van der Waals surface area (Å²) in [5, 5.41) is 2.76. The van der Waals surface area contributed by atoms with Crippen molar-refractivity contribution in [1.29, 1.82) is 0 Å². The third-order valence-corrected chi connectivity index (χ3v) is 4.34. The van der Waals surface area contributed by atoms with Gasteiger partial charge in [0, 0.05) is 23.8 Å². The van der Waals surface area contributed by atoms with Crippen LogP contribution in [0.25, 0.3) is 0 Å². The van der Waals surface area contributed by atoms with Crippen molar-refractivity contribution in [2.24, 2.45) is 0 Å². The van der Waals surface area contributed by atoms with Crippen LogP contribution in [0.1, 0.15) is 59.4 Å². The molecule has 0 aliphatic rings. The Labute approximate surface area is 160 Å². The van der Waals surface area contributed by atoms with Crippen molar-refractivity contribution in [3.8, 4) is 0 Å². The molecule has 0 aliphatic heterocycles. The van der Waals surface area contributed by atoms with Crippen molar-refractivity contribution in [1.82, 2.24) is 0 Å². The lowest BCUT2D eigenvalue weighted by Crippen LogP contribution is -2.20. The first-order chi connectivity index (χ1) is 12.6. The average Bonchev–Trinajstić information content (AvgIpc) is 2.58. The SMILES string of the molecule is CCCC/C(C(=O)C(C)=O)=C(/C)C(C(=O)Nc1ccc(F)c(C)c1)=C(C)C. The second kappa shape index (κ2) is 9.95. The van der Waals surface area contributed by atoms with Gasteiger partial charge in [-0.15, -0.1) is 0 Å². The van der Waals surface area contributed by atoms with Gasteiger partial charge in [-0.25, -0.2) is 4.39 Å². The molecule has 0 spiro atoms. The number of amides is 1. The van der Waals surface area contributed by atoms with Gasteiger partial charge in [0.05, 0.1) is 0 Å². The number of ketones is 2. The fourth-order valence-electron chi connectivity index (χ4n) is 2.88. The number of aryl methyl sites for hydroxylation is 1. The minimum Gasteiger partial charge on any atom is -0.322 e. The van der Waals surface area contributed by atoms with E-state index in [1.54, 1.807) is 33.8 Å². The minimum atomic E-state index is -0.551. The van der Waals surface area contributed by atoms with Gasteiger partial charge in [0.25, 0.3) is 5.91 Å². The van der Waals surface area contributed by atoms with Crippen LogP contribution in [0.3, 0.4) is 0 Å². The molecule has 0 radical (unpaired) electrons. The molecular weight excluding hydrogens is 345 g/mol. The van der Waals surface area contributed by atoms with Gasteiger partial charge in [0.2, 0.25) is 5.78 Å². The maximum atomic E-state index is 13.4. The second-order valence-electron chi connectivity index (χ2n) is 6.89. The molecule has 0 atom stereocenters. The summed E-state index contributed by atoms with van der Waals surface area (Å²) >= 11 is 0. The predicted octanol–water partition coefficient (Wildman–Crippen LogP) is 5.07. The van der Waals surface area contributed by atoms with Crippen LogP contribution in [0, 0.1) is 12.7 Å². The molecule has 0 heterocycles. The van der Waals surface area contributed by atoms with Crippen molar-refractivity contribution in [2.45, 2.75) is 60.8 Å². The van der Waals surface area contributed by atoms with Gasteiger partial charge in [-0.1, -0.05) is 18.9 Å². The van der Waals surface area contributed by atoms with Gasteiger partial charge in [-0.2, -0.15) is 0 Å². The molecular formula is C22H28FNO3. The molecule has 1 N–H and O–H groups in total. The molecule has 1 amide bonds. The minimum absolute atomic E-state index is 0.347. The fourth-order valence-corrected chi connectivity index (χ4v) is 2.88. The van der Waals surface area contributed by atoms with Crippen molar-refractivity contribution in [2.75, 3.05) is 5.32 Å². The highest BCUT2D eigenvalue weighted by atomic mass is 19.1. The molecule has 146 valence electrons. The van der Waals surface area contributed by atoms with Gasteiger partial charge in [0.1, 0.15) is 5.82 Å². The third-order valence-electron chi connectivity index (χ3n) is 4.34. The van der Waals surface area contributed by atoms with Gasteiger partial charge < -0.3 is 5.32 Å². The summed E-state index contributed by atoms with van der Waals surface area (Å²) in [7, 11) is 0. The normalized spacial score (nSPS) is 11.5. The van der Waals surface area contributed by atoms with Crippen molar-refractivity contribution < 1.29 is 18.8 Å². The van der Waals surface area contributed by atoms with Gasteiger partial charge in [-0.3, -0.25) is 14.4 Å². The first-order valence-corrected chi connectivity index (χ1v) is 9.10. The first kappa shape index (κ1) is 22.5. The van der Waals surface area contributed by atoms with E-state index in [9.17, 15) is 18.8 Å². The van der Waals surface area contributed by atoms with Crippen molar-refractivity contribution in [3.63, 3.8) is 0 Å². The summed E-state index contributed by atoms with van der Waals surface area (Å²) in [4.78, 5) is 36.9. The average molecular weight is 373 g/mol. The number of halogens is 1. The van der Waals surface area contributed by atoms with E-state index in [1.165, 1.54) is 19.1 Å². The highest BCUT2D eigenvalue weighted by molar-refractivity contribution is 6.43.